The normalized spacial score (nSPS) is 11.3. The lowest BCUT2D eigenvalue weighted by Gasteiger charge is -2.19. The van der Waals surface area contributed by atoms with E-state index >= 15 is 0 Å². The Kier molecular flexibility index (Phi) is 6.74. The van der Waals surface area contributed by atoms with Gasteiger partial charge in [-0.3, -0.25) is 9.59 Å². The molecule has 9 nitrogen and oxygen atoms in total. The zero-order valence-electron chi connectivity index (χ0n) is 17.4. The van der Waals surface area contributed by atoms with E-state index in [4.69, 9.17) is 20.9 Å². The van der Waals surface area contributed by atoms with Gasteiger partial charge in [-0.15, -0.1) is 0 Å². The van der Waals surface area contributed by atoms with E-state index in [9.17, 15) is 14.0 Å². The van der Waals surface area contributed by atoms with Crippen LogP contribution in [-0.4, -0.2) is 31.0 Å². The lowest BCUT2D eigenvalue weighted by molar-refractivity contribution is -0.118. The average molecular weight is 439 g/mol. The van der Waals surface area contributed by atoms with Crippen molar-refractivity contribution < 1.29 is 23.5 Å². The predicted octanol–water partition coefficient (Wildman–Crippen LogP) is 2.72. The first-order valence-electron chi connectivity index (χ1n) is 9.43. The number of nitrogens with zero attached hydrogens (tertiary/aromatic N) is 1. The number of carbonyl (C=O) groups excluding carboxylic acids is 2. The fourth-order valence-corrected chi connectivity index (χ4v) is 2.99. The van der Waals surface area contributed by atoms with Crippen LogP contribution in [0.2, 0.25) is 0 Å². The number of pyridine rings is 1. The number of hydrogen-bond donors (Lipinski definition) is 4. The second kappa shape index (κ2) is 9.65. The van der Waals surface area contributed by atoms with Crippen molar-refractivity contribution in [2.75, 3.05) is 24.9 Å². The van der Waals surface area contributed by atoms with Gasteiger partial charge in [0.15, 0.2) is 11.6 Å². The van der Waals surface area contributed by atoms with Gasteiger partial charge in [0.05, 0.1) is 19.8 Å². The summed E-state index contributed by atoms with van der Waals surface area (Å²) in [7, 11) is 2.97. The largest absolute Gasteiger partial charge is 0.497 e. The van der Waals surface area contributed by atoms with Crippen molar-refractivity contribution in [3.8, 4) is 11.5 Å². The molecule has 0 saturated heterocycles. The third-order valence-corrected chi connectivity index (χ3v) is 4.55. The molecule has 2 aromatic carbocycles. The highest BCUT2D eigenvalue weighted by Gasteiger charge is 2.22. The Bertz CT molecular complexity index is 1120. The molecule has 0 bridgehead atoms. The second-order valence-corrected chi connectivity index (χ2v) is 6.70. The van der Waals surface area contributed by atoms with Gasteiger partial charge >= 0.3 is 0 Å². The molecular weight excluding hydrogens is 417 g/mol. The topological polar surface area (TPSA) is 142 Å². The summed E-state index contributed by atoms with van der Waals surface area (Å²) in [6.07, 6.45) is 0. The van der Waals surface area contributed by atoms with Crippen molar-refractivity contribution in [2.24, 2.45) is 11.5 Å². The fraction of sp³-hybridized carbons (Fsp3) is 0.136. The van der Waals surface area contributed by atoms with Crippen molar-refractivity contribution in [3.63, 3.8) is 0 Å². The van der Waals surface area contributed by atoms with Crippen LogP contribution in [0, 0.1) is 5.82 Å². The van der Waals surface area contributed by atoms with Crippen molar-refractivity contribution in [3.05, 3.63) is 71.5 Å². The Balaban J connectivity index is 2.02. The van der Waals surface area contributed by atoms with Crippen LogP contribution >= 0.6 is 0 Å². The van der Waals surface area contributed by atoms with Gasteiger partial charge < -0.3 is 31.6 Å². The van der Waals surface area contributed by atoms with Gasteiger partial charge in [0.25, 0.3) is 5.91 Å². The van der Waals surface area contributed by atoms with Crippen LogP contribution in [0.25, 0.3) is 0 Å². The summed E-state index contributed by atoms with van der Waals surface area (Å²) in [4.78, 5) is 28.1. The number of rotatable bonds is 9. The van der Waals surface area contributed by atoms with Crippen LogP contribution in [0.4, 0.5) is 21.7 Å². The van der Waals surface area contributed by atoms with E-state index in [1.54, 1.807) is 48.5 Å². The summed E-state index contributed by atoms with van der Waals surface area (Å²) in [5.74, 6) is -1.88. The number of hydrogen-bond acceptors (Lipinski definition) is 7. The molecule has 6 N–H and O–H groups in total. The van der Waals surface area contributed by atoms with Crippen LogP contribution in [0.1, 0.15) is 22.0 Å². The van der Waals surface area contributed by atoms with Gasteiger partial charge in [-0.25, -0.2) is 9.37 Å². The lowest BCUT2D eigenvalue weighted by atomic mass is 10.1. The number of methoxy groups -OCH3 is 2. The van der Waals surface area contributed by atoms with E-state index in [0.29, 0.717) is 22.7 Å². The molecule has 10 heteroatoms. The minimum absolute atomic E-state index is 0.0343. The van der Waals surface area contributed by atoms with E-state index < -0.39 is 23.7 Å². The second-order valence-electron chi connectivity index (χ2n) is 6.70. The molecular formula is C22H22FN5O4. The number of primary amides is 2. The van der Waals surface area contributed by atoms with Gasteiger partial charge in [-0.1, -0.05) is 30.3 Å². The quantitative estimate of drug-likeness (QED) is 0.402. The maximum Gasteiger partial charge on any atom is 0.252 e. The third kappa shape index (κ3) is 5.04. The van der Waals surface area contributed by atoms with Crippen molar-refractivity contribution in [1.82, 2.24) is 4.98 Å². The minimum atomic E-state index is -1.05. The summed E-state index contributed by atoms with van der Waals surface area (Å²) < 4.78 is 25.2. The van der Waals surface area contributed by atoms with Gasteiger partial charge in [0.1, 0.15) is 23.4 Å². The van der Waals surface area contributed by atoms with Crippen LogP contribution in [-0.2, 0) is 4.79 Å². The number of anilines is 3. The van der Waals surface area contributed by atoms with Crippen LogP contribution in [0.15, 0.2) is 54.6 Å². The van der Waals surface area contributed by atoms with Crippen molar-refractivity contribution in [1.29, 1.82) is 0 Å². The number of benzene rings is 2. The molecule has 0 aliphatic carbocycles. The number of ether oxygens (including phenoxy) is 2. The monoisotopic (exact) mass is 439 g/mol. The lowest BCUT2D eigenvalue weighted by Crippen LogP contribution is -2.28. The maximum absolute atomic E-state index is 14.8. The first-order valence-corrected chi connectivity index (χ1v) is 9.43. The van der Waals surface area contributed by atoms with Gasteiger partial charge in [-0.05, 0) is 11.6 Å². The Morgan fingerprint density at radius 2 is 1.59 bits per heavy atom. The zero-order valence-corrected chi connectivity index (χ0v) is 17.4. The van der Waals surface area contributed by atoms with Crippen molar-refractivity contribution >= 4 is 29.1 Å². The highest BCUT2D eigenvalue weighted by atomic mass is 19.1. The van der Waals surface area contributed by atoms with Gasteiger partial charge in [0, 0.05) is 23.9 Å². The minimum Gasteiger partial charge on any atom is -0.497 e. The first-order chi connectivity index (χ1) is 15.3. The molecule has 1 aromatic heterocycles. The number of amides is 2. The molecule has 1 atom stereocenters. The van der Waals surface area contributed by atoms with Gasteiger partial charge in [0.2, 0.25) is 5.91 Å². The highest BCUT2D eigenvalue weighted by Crippen LogP contribution is 2.30. The number of nitrogens with two attached hydrogens (primary N) is 2. The van der Waals surface area contributed by atoms with E-state index in [2.05, 4.69) is 15.6 Å². The molecule has 3 aromatic rings. The molecule has 0 radical (unpaired) electrons. The summed E-state index contributed by atoms with van der Waals surface area (Å²) in [5.41, 5.74) is 11.7. The molecule has 0 spiro atoms. The summed E-state index contributed by atoms with van der Waals surface area (Å²) in [6, 6.07) is 13.3. The number of nitrogens with one attached hydrogen (secondary N) is 2. The first kappa shape index (κ1) is 22.3. The molecule has 3 rings (SSSR count). The van der Waals surface area contributed by atoms with Crippen LogP contribution in [0.5, 0.6) is 11.5 Å². The van der Waals surface area contributed by atoms with E-state index in [1.807, 2.05) is 0 Å². The molecule has 0 unspecified atom stereocenters. The summed E-state index contributed by atoms with van der Waals surface area (Å²) in [5, 5.41) is 5.62. The van der Waals surface area contributed by atoms with Crippen LogP contribution < -0.4 is 31.6 Å². The maximum atomic E-state index is 14.8. The Morgan fingerprint density at radius 3 is 2.12 bits per heavy atom. The fourth-order valence-electron chi connectivity index (χ4n) is 2.99. The molecule has 0 saturated carbocycles. The molecule has 2 amide bonds. The summed E-state index contributed by atoms with van der Waals surface area (Å²) in [6.45, 7) is 0. The standard InChI is InChI=1S/C22H22FN5O4/c1-31-14-8-13(9-15(10-14)32-2)26-21-16(19(24)29)11-17(23)22(28-21)27-18(20(25)30)12-6-4-3-5-7-12/h3-11,18H,1-2H3,(H2,24,29)(H2,25,30)(H2,26,27,28)/t18-/m1/s1. The Labute approximate surface area is 183 Å². The number of halogens is 1. The number of aromatic nitrogens is 1. The Hall–Kier alpha value is -4.34. The molecule has 0 aliphatic rings. The SMILES string of the molecule is COc1cc(Nc2nc(N[C@@H](C(N)=O)c3ccccc3)c(F)cc2C(N)=O)cc(OC)c1. The molecule has 166 valence electrons. The third-order valence-electron chi connectivity index (χ3n) is 4.55. The zero-order chi connectivity index (χ0) is 23.3. The molecule has 0 aliphatic heterocycles. The van der Waals surface area contributed by atoms with E-state index in [1.165, 1.54) is 14.2 Å². The van der Waals surface area contributed by atoms with Gasteiger partial charge in [-0.2, -0.15) is 0 Å². The van der Waals surface area contributed by atoms with E-state index in [-0.39, 0.29) is 17.2 Å². The van der Waals surface area contributed by atoms with E-state index in [0.717, 1.165) is 6.07 Å². The Morgan fingerprint density at radius 1 is 0.969 bits per heavy atom. The predicted molar refractivity (Wildman–Crippen MR) is 118 cm³/mol. The van der Waals surface area contributed by atoms with Crippen LogP contribution in [0.3, 0.4) is 0 Å². The molecule has 32 heavy (non-hydrogen) atoms. The molecule has 1 heterocycles. The highest BCUT2D eigenvalue weighted by molar-refractivity contribution is 5.98. The average Bonchev–Trinajstić information content (AvgIpc) is 2.78. The van der Waals surface area contributed by atoms with Crippen molar-refractivity contribution in [2.45, 2.75) is 6.04 Å². The smallest absolute Gasteiger partial charge is 0.252 e. The molecule has 0 fully saturated rings. The summed E-state index contributed by atoms with van der Waals surface area (Å²) >= 11 is 0. The number of carbonyl (C=O) groups is 2.